The van der Waals surface area contributed by atoms with Crippen LogP contribution >= 0.6 is 0 Å². The van der Waals surface area contributed by atoms with Crippen molar-refractivity contribution in [3.05, 3.63) is 0 Å². The Bertz CT molecular complexity index is 234. The van der Waals surface area contributed by atoms with Crippen LogP contribution in [0.3, 0.4) is 0 Å². The van der Waals surface area contributed by atoms with Gasteiger partial charge in [-0.15, -0.1) is 0 Å². The highest BCUT2D eigenvalue weighted by Crippen LogP contribution is 2.21. The second-order valence-electron chi connectivity index (χ2n) is 2.38. The van der Waals surface area contributed by atoms with Crippen LogP contribution in [0.25, 0.3) is 0 Å². The van der Waals surface area contributed by atoms with Gasteiger partial charge in [0.05, 0.1) is 5.92 Å². The summed E-state index contributed by atoms with van der Waals surface area (Å²) in [5.41, 5.74) is -1.67. The van der Waals surface area contributed by atoms with Crippen LogP contribution in [-0.4, -0.2) is 23.9 Å². The van der Waals surface area contributed by atoms with Crippen molar-refractivity contribution in [2.45, 2.75) is 19.5 Å². The van der Waals surface area contributed by atoms with Crippen molar-refractivity contribution in [3.8, 4) is 0 Å². The highest BCUT2D eigenvalue weighted by Gasteiger charge is 2.40. The van der Waals surface area contributed by atoms with E-state index in [9.17, 15) is 18.0 Å². The van der Waals surface area contributed by atoms with Gasteiger partial charge in [-0.1, -0.05) is 6.92 Å². The molecule has 13 heavy (non-hydrogen) atoms. The molecule has 0 radical (unpaired) electrons. The predicted molar refractivity (Wildman–Crippen MR) is 41.4 cm³/mol. The van der Waals surface area contributed by atoms with Crippen LogP contribution in [-0.2, 0) is 4.79 Å². The average Bonchev–Trinajstić information content (AvgIpc) is 2.03. The summed E-state index contributed by atoms with van der Waals surface area (Å²) in [6.45, 7) is 1.39. The molecule has 0 spiro atoms. The quantitative estimate of drug-likeness (QED) is 0.658. The Kier molecular flexibility index (Phi) is 3.77. The number of rotatable bonds is 4. The van der Waals surface area contributed by atoms with Crippen molar-refractivity contribution in [3.63, 3.8) is 0 Å². The van der Waals surface area contributed by atoms with Gasteiger partial charge < -0.3 is 5.41 Å². The summed E-state index contributed by atoms with van der Waals surface area (Å²) in [7, 11) is 0. The Morgan fingerprint density at radius 2 is 2.00 bits per heavy atom. The van der Waals surface area contributed by atoms with E-state index in [0.717, 1.165) is 0 Å². The maximum Gasteiger partial charge on any atom is 0.429 e. The van der Waals surface area contributed by atoms with Crippen LogP contribution in [0, 0.1) is 16.7 Å². The molecule has 0 aromatic rings. The average molecular weight is 194 g/mol. The summed E-state index contributed by atoms with van der Waals surface area (Å²) < 4.78 is 35.7. The maximum atomic E-state index is 11.9. The normalized spacial score (nSPS) is 13.5. The molecule has 1 atom stereocenters. The molecule has 0 bridgehead atoms. The van der Waals surface area contributed by atoms with Crippen LogP contribution < -0.4 is 0 Å². The van der Waals surface area contributed by atoms with Gasteiger partial charge in [0.15, 0.2) is 0 Å². The van der Waals surface area contributed by atoms with Gasteiger partial charge in [-0.2, -0.15) is 13.2 Å². The second kappa shape index (κ2) is 4.15. The van der Waals surface area contributed by atoms with E-state index in [0.29, 0.717) is 6.21 Å². The molecule has 0 saturated heterocycles. The lowest BCUT2D eigenvalue weighted by molar-refractivity contribution is -0.120. The van der Waals surface area contributed by atoms with Crippen molar-refractivity contribution in [2.24, 2.45) is 5.92 Å². The van der Waals surface area contributed by atoms with Crippen LogP contribution in [0.4, 0.5) is 13.2 Å². The first kappa shape index (κ1) is 11.8. The first-order valence-electron chi connectivity index (χ1n) is 3.53. The van der Waals surface area contributed by atoms with Gasteiger partial charge in [-0.3, -0.25) is 10.2 Å². The van der Waals surface area contributed by atoms with Crippen molar-refractivity contribution in [1.82, 2.24) is 0 Å². The van der Waals surface area contributed by atoms with Gasteiger partial charge in [0.2, 0.25) is 0 Å². The van der Waals surface area contributed by atoms with E-state index in [1.54, 1.807) is 0 Å². The Morgan fingerprint density at radius 3 is 2.23 bits per heavy atom. The molecule has 0 aromatic carbocycles. The van der Waals surface area contributed by atoms with Crippen molar-refractivity contribution in [1.29, 1.82) is 10.8 Å². The summed E-state index contributed by atoms with van der Waals surface area (Å²) in [6.07, 6.45) is -4.59. The minimum absolute atomic E-state index is 0.113. The molecular weight excluding hydrogens is 185 g/mol. The number of carbonyl (C=O) groups is 1. The maximum absolute atomic E-state index is 11.9. The van der Waals surface area contributed by atoms with Gasteiger partial charge in [0.25, 0.3) is 0 Å². The fourth-order valence-electron chi connectivity index (χ4n) is 0.734. The second-order valence-corrected chi connectivity index (χ2v) is 2.38. The molecule has 1 unspecified atom stereocenters. The molecule has 2 N–H and O–H groups in total. The number of ketones is 1. The smallest absolute Gasteiger partial charge is 0.312 e. The van der Waals surface area contributed by atoms with Gasteiger partial charge in [0.1, 0.15) is 11.5 Å². The first-order chi connectivity index (χ1) is 5.84. The summed E-state index contributed by atoms with van der Waals surface area (Å²) in [5, 5.41) is 13.3. The third-order valence-electron chi connectivity index (χ3n) is 1.48. The molecule has 6 heteroatoms. The van der Waals surface area contributed by atoms with Gasteiger partial charge in [0, 0.05) is 12.6 Å². The molecule has 0 aliphatic heterocycles. The van der Waals surface area contributed by atoms with E-state index in [1.807, 2.05) is 0 Å². The number of nitrogens with one attached hydrogen (secondary N) is 2. The van der Waals surface area contributed by atoms with E-state index >= 15 is 0 Å². The molecule has 0 amide bonds. The SMILES string of the molecule is CCC(=O)C(C=N)C(=N)C(F)(F)F. The predicted octanol–water partition coefficient (Wildman–Crippen LogP) is 1.81. The number of Topliss-reactive ketones (excluding diaryl/α,β-unsaturated/α-hetero) is 1. The lowest BCUT2D eigenvalue weighted by Crippen LogP contribution is -2.35. The number of carbonyl (C=O) groups excluding carboxylic acids is 1. The minimum atomic E-state index is -4.83. The third-order valence-corrected chi connectivity index (χ3v) is 1.48. The summed E-state index contributed by atoms with van der Waals surface area (Å²) in [6, 6.07) is 0. The van der Waals surface area contributed by atoms with Crippen LogP contribution in [0.2, 0.25) is 0 Å². The Morgan fingerprint density at radius 1 is 1.54 bits per heavy atom. The van der Waals surface area contributed by atoms with Gasteiger partial charge in [-0.05, 0) is 0 Å². The third kappa shape index (κ3) is 2.96. The minimum Gasteiger partial charge on any atom is -0.312 e. The zero-order chi connectivity index (χ0) is 10.6. The molecule has 0 aliphatic carbocycles. The number of alkyl halides is 3. The molecule has 0 aliphatic rings. The Balaban J connectivity index is 4.70. The zero-order valence-electron chi connectivity index (χ0n) is 6.90. The highest BCUT2D eigenvalue weighted by molar-refractivity contribution is 6.16. The molecule has 3 nitrogen and oxygen atoms in total. The van der Waals surface area contributed by atoms with E-state index in [4.69, 9.17) is 10.8 Å². The van der Waals surface area contributed by atoms with Gasteiger partial charge in [-0.25, -0.2) is 0 Å². The molecule has 0 fully saturated rings. The fourth-order valence-corrected chi connectivity index (χ4v) is 0.734. The topological polar surface area (TPSA) is 64.8 Å². The van der Waals surface area contributed by atoms with E-state index in [1.165, 1.54) is 6.92 Å². The summed E-state index contributed by atoms with van der Waals surface area (Å²) in [4.78, 5) is 10.8. The molecule has 0 aromatic heterocycles. The van der Waals surface area contributed by atoms with E-state index in [2.05, 4.69) is 0 Å². The lowest BCUT2D eigenvalue weighted by Gasteiger charge is -2.13. The van der Waals surface area contributed by atoms with Crippen LogP contribution in [0.5, 0.6) is 0 Å². The number of hydrogen-bond donors (Lipinski definition) is 2. The fraction of sp³-hybridized carbons (Fsp3) is 0.571. The molecular formula is C7H9F3N2O. The van der Waals surface area contributed by atoms with Crippen LogP contribution in [0.15, 0.2) is 0 Å². The molecule has 74 valence electrons. The molecule has 0 heterocycles. The summed E-state index contributed by atoms with van der Waals surface area (Å²) in [5.74, 6) is -2.51. The van der Waals surface area contributed by atoms with Crippen molar-refractivity contribution >= 4 is 17.7 Å². The lowest BCUT2D eigenvalue weighted by atomic mass is 9.97. The van der Waals surface area contributed by atoms with Crippen molar-refractivity contribution < 1.29 is 18.0 Å². The number of halogens is 3. The van der Waals surface area contributed by atoms with Gasteiger partial charge >= 0.3 is 6.18 Å². The van der Waals surface area contributed by atoms with E-state index < -0.39 is 23.6 Å². The number of hydrogen-bond acceptors (Lipinski definition) is 3. The summed E-state index contributed by atoms with van der Waals surface area (Å²) >= 11 is 0. The Hall–Kier alpha value is -1.20. The highest BCUT2D eigenvalue weighted by atomic mass is 19.4. The Labute approximate surface area is 73.0 Å². The molecule has 0 rings (SSSR count). The van der Waals surface area contributed by atoms with Crippen molar-refractivity contribution in [2.75, 3.05) is 0 Å². The standard InChI is InChI=1S/C7H9F3N2O/c1-2-5(13)4(3-11)6(12)7(8,9)10/h3-4,11-12H,2H2,1H3. The largest absolute Gasteiger partial charge is 0.429 e. The van der Waals surface area contributed by atoms with E-state index in [-0.39, 0.29) is 6.42 Å². The van der Waals surface area contributed by atoms with Crippen LogP contribution in [0.1, 0.15) is 13.3 Å². The monoisotopic (exact) mass is 194 g/mol. The first-order valence-corrected chi connectivity index (χ1v) is 3.53. The zero-order valence-corrected chi connectivity index (χ0v) is 6.90. The molecule has 0 saturated carbocycles.